The SMILES string of the molecule is O=C(O)c1cccc(-c2nnc3c(O)cccn23)c1. The van der Waals surface area contributed by atoms with Crippen molar-refractivity contribution in [3.63, 3.8) is 0 Å². The number of carboxylic acid groups (broad SMARTS) is 1. The maximum absolute atomic E-state index is 11.0. The molecular weight excluding hydrogens is 246 g/mol. The Balaban J connectivity index is 2.22. The van der Waals surface area contributed by atoms with Gasteiger partial charge in [0.2, 0.25) is 5.65 Å². The highest BCUT2D eigenvalue weighted by Gasteiger charge is 2.12. The molecule has 94 valence electrons. The molecule has 2 aromatic heterocycles. The number of hydrogen-bond donors (Lipinski definition) is 2. The van der Waals surface area contributed by atoms with Crippen LogP contribution in [0.1, 0.15) is 10.4 Å². The molecule has 0 spiro atoms. The van der Waals surface area contributed by atoms with E-state index in [4.69, 9.17) is 5.11 Å². The first-order valence-corrected chi connectivity index (χ1v) is 5.53. The molecule has 0 atom stereocenters. The lowest BCUT2D eigenvalue weighted by Gasteiger charge is -2.01. The van der Waals surface area contributed by atoms with Crippen LogP contribution in [-0.2, 0) is 0 Å². The van der Waals surface area contributed by atoms with Gasteiger partial charge in [0.25, 0.3) is 0 Å². The van der Waals surface area contributed by atoms with Gasteiger partial charge in [-0.2, -0.15) is 0 Å². The van der Waals surface area contributed by atoms with Crippen molar-refractivity contribution in [2.24, 2.45) is 0 Å². The fraction of sp³-hybridized carbons (Fsp3) is 0. The van der Waals surface area contributed by atoms with Crippen molar-refractivity contribution >= 4 is 11.6 Å². The van der Waals surface area contributed by atoms with E-state index in [0.717, 1.165) is 0 Å². The molecule has 0 aliphatic rings. The molecule has 2 N–H and O–H groups in total. The predicted octanol–water partition coefficient (Wildman–Crippen LogP) is 1.80. The number of rotatable bonds is 2. The highest BCUT2D eigenvalue weighted by molar-refractivity contribution is 5.89. The second-order valence-electron chi connectivity index (χ2n) is 4.00. The topological polar surface area (TPSA) is 87.7 Å². The van der Waals surface area contributed by atoms with E-state index in [2.05, 4.69) is 10.2 Å². The first-order chi connectivity index (χ1) is 9.16. The predicted molar refractivity (Wildman–Crippen MR) is 67.0 cm³/mol. The van der Waals surface area contributed by atoms with Gasteiger partial charge in [0, 0.05) is 11.8 Å². The van der Waals surface area contributed by atoms with Gasteiger partial charge in [-0.05, 0) is 24.3 Å². The van der Waals surface area contributed by atoms with Crippen LogP contribution in [-0.4, -0.2) is 30.8 Å². The number of hydrogen-bond acceptors (Lipinski definition) is 4. The van der Waals surface area contributed by atoms with E-state index in [1.165, 1.54) is 18.2 Å². The number of fused-ring (bicyclic) bond motifs is 1. The second-order valence-corrected chi connectivity index (χ2v) is 4.00. The molecule has 19 heavy (non-hydrogen) atoms. The monoisotopic (exact) mass is 255 g/mol. The molecule has 3 rings (SSSR count). The van der Waals surface area contributed by atoms with Crippen molar-refractivity contribution in [2.45, 2.75) is 0 Å². The van der Waals surface area contributed by atoms with E-state index in [1.807, 2.05) is 0 Å². The van der Waals surface area contributed by atoms with E-state index in [-0.39, 0.29) is 11.3 Å². The highest BCUT2D eigenvalue weighted by atomic mass is 16.4. The summed E-state index contributed by atoms with van der Waals surface area (Å²) in [4.78, 5) is 11.0. The third-order valence-corrected chi connectivity index (χ3v) is 2.78. The fourth-order valence-electron chi connectivity index (χ4n) is 1.89. The maximum Gasteiger partial charge on any atom is 0.335 e. The number of carbonyl (C=O) groups is 1. The number of pyridine rings is 1. The zero-order valence-electron chi connectivity index (χ0n) is 9.69. The Morgan fingerprint density at radius 3 is 2.79 bits per heavy atom. The molecule has 2 heterocycles. The van der Waals surface area contributed by atoms with Crippen LogP contribution in [0.3, 0.4) is 0 Å². The van der Waals surface area contributed by atoms with Gasteiger partial charge in [-0.15, -0.1) is 10.2 Å². The summed E-state index contributed by atoms with van der Waals surface area (Å²) in [5.41, 5.74) is 1.13. The molecule has 6 nitrogen and oxygen atoms in total. The van der Waals surface area contributed by atoms with Gasteiger partial charge in [0.15, 0.2) is 11.6 Å². The summed E-state index contributed by atoms with van der Waals surface area (Å²) < 4.78 is 1.61. The first-order valence-electron chi connectivity index (χ1n) is 5.53. The van der Waals surface area contributed by atoms with Gasteiger partial charge in [0.1, 0.15) is 0 Å². The Bertz CT molecular complexity index is 780. The van der Waals surface area contributed by atoms with E-state index in [1.54, 1.807) is 28.8 Å². The highest BCUT2D eigenvalue weighted by Crippen LogP contribution is 2.23. The Morgan fingerprint density at radius 2 is 2.00 bits per heavy atom. The first kappa shape index (κ1) is 11.2. The molecule has 0 saturated heterocycles. The summed E-state index contributed by atoms with van der Waals surface area (Å²) >= 11 is 0. The van der Waals surface area contributed by atoms with Crippen LogP contribution in [0, 0.1) is 0 Å². The zero-order valence-corrected chi connectivity index (χ0v) is 9.69. The number of aromatic carboxylic acids is 1. The number of aromatic hydroxyl groups is 1. The minimum Gasteiger partial charge on any atom is -0.504 e. The largest absolute Gasteiger partial charge is 0.504 e. The normalized spacial score (nSPS) is 10.7. The third kappa shape index (κ3) is 1.79. The molecule has 3 aromatic rings. The van der Waals surface area contributed by atoms with Gasteiger partial charge < -0.3 is 10.2 Å². The van der Waals surface area contributed by atoms with Gasteiger partial charge in [-0.3, -0.25) is 4.40 Å². The minimum atomic E-state index is -1.00. The third-order valence-electron chi connectivity index (χ3n) is 2.78. The van der Waals surface area contributed by atoms with Crippen molar-refractivity contribution in [2.75, 3.05) is 0 Å². The Morgan fingerprint density at radius 1 is 1.16 bits per heavy atom. The Labute approximate surface area is 107 Å². The van der Waals surface area contributed by atoms with Crippen molar-refractivity contribution in [1.29, 1.82) is 0 Å². The minimum absolute atomic E-state index is 0.0237. The lowest BCUT2D eigenvalue weighted by Crippen LogP contribution is -1.97. The lowest BCUT2D eigenvalue weighted by atomic mass is 10.1. The molecule has 0 unspecified atom stereocenters. The van der Waals surface area contributed by atoms with Crippen LogP contribution < -0.4 is 0 Å². The molecule has 0 radical (unpaired) electrons. The summed E-state index contributed by atoms with van der Waals surface area (Å²) in [6.07, 6.45) is 1.71. The Hall–Kier alpha value is -2.89. The van der Waals surface area contributed by atoms with E-state index in [0.29, 0.717) is 17.0 Å². The lowest BCUT2D eigenvalue weighted by molar-refractivity contribution is 0.0697. The molecule has 6 heteroatoms. The van der Waals surface area contributed by atoms with Gasteiger partial charge in [-0.1, -0.05) is 12.1 Å². The molecule has 0 fully saturated rings. The molecular formula is C13H9N3O3. The molecule has 0 amide bonds. The summed E-state index contributed by atoms with van der Waals surface area (Å²) in [5, 5.41) is 26.5. The van der Waals surface area contributed by atoms with Crippen molar-refractivity contribution in [3.05, 3.63) is 48.2 Å². The van der Waals surface area contributed by atoms with E-state index < -0.39 is 5.97 Å². The van der Waals surface area contributed by atoms with Gasteiger partial charge in [-0.25, -0.2) is 4.79 Å². The molecule has 0 saturated carbocycles. The summed E-state index contributed by atoms with van der Waals surface area (Å²) in [7, 11) is 0. The molecule has 0 aliphatic carbocycles. The number of aromatic nitrogens is 3. The molecule has 0 bridgehead atoms. The number of carboxylic acids is 1. The standard InChI is InChI=1S/C13H9N3O3/c17-10-5-2-6-16-11(14-15-12(10)16)8-3-1-4-9(7-8)13(18)19/h1-7,17H,(H,18,19). The Kier molecular flexibility index (Phi) is 2.42. The van der Waals surface area contributed by atoms with E-state index >= 15 is 0 Å². The average Bonchev–Trinajstić information content (AvgIpc) is 2.84. The van der Waals surface area contributed by atoms with Crippen molar-refractivity contribution in [3.8, 4) is 17.1 Å². The number of nitrogens with zero attached hydrogens (tertiary/aromatic N) is 3. The van der Waals surface area contributed by atoms with Crippen LogP contribution in [0.25, 0.3) is 17.0 Å². The summed E-state index contributed by atoms with van der Waals surface area (Å²) in [6, 6.07) is 9.59. The van der Waals surface area contributed by atoms with Gasteiger partial charge >= 0.3 is 5.97 Å². The van der Waals surface area contributed by atoms with E-state index in [9.17, 15) is 9.90 Å². The smallest absolute Gasteiger partial charge is 0.335 e. The molecule has 0 aliphatic heterocycles. The van der Waals surface area contributed by atoms with Crippen molar-refractivity contribution in [1.82, 2.24) is 14.6 Å². The fourth-order valence-corrected chi connectivity index (χ4v) is 1.89. The summed E-state index contributed by atoms with van der Waals surface area (Å²) in [6.45, 7) is 0. The quantitative estimate of drug-likeness (QED) is 0.729. The zero-order chi connectivity index (χ0) is 13.4. The maximum atomic E-state index is 11.0. The van der Waals surface area contributed by atoms with Crippen LogP contribution >= 0.6 is 0 Å². The second kappa shape index (κ2) is 4.09. The van der Waals surface area contributed by atoms with Crippen LogP contribution in [0.2, 0.25) is 0 Å². The van der Waals surface area contributed by atoms with Gasteiger partial charge in [0.05, 0.1) is 5.56 Å². The van der Waals surface area contributed by atoms with Crippen LogP contribution in [0.15, 0.2) is 42.6 Å². The van der Waals surface area contributed by atoms with Crippen molar-refractivity contribution < 1.29 is 15.0 Å². The van der Waals surface area contributed by atoms with Crippen LogP contribution in [0.5, 0.6) is 5.75 Å². The van der Waals surface area contributed by atoms with Crippen LogP contribution in [0.4, 0.5) is 0 Å². The average molecular weight is 255 g/mol. The molecule has 1 aromatic carbocycles. The summed E-state index contributed by atoms with van der Waals surface area (Å²) in [5.74, 6) is -0.497. The number of benzene rings is 1.